The van der Waals surface area contributed by atoms with Gasteiger partial charge in [0.1, 0.15) is 11.6 Å². The summed E-state index contributed by atoms with van der Waals surface area (Å²) < 4.78 is 45.0. The van der Waals surface area contributed by atoms with E-state index in [2.05, 4.69) is 20.4 Å². The summed E-state index contributed by atoms with van der Waals surface area (Å²) in [4.78, 5) is 32.4. The molecule has 8 nitrogen and oxygen atoms in total. The molecule has 1 aromatic heterocycles. The van der Waals surface area contributed by atoms with E-state index in [0.29, 0.717) is 10.7 Å². The molecular weight excluding hydrogens is 487 g/mol. The van der Waals surface area contributed by atoms with Gasteiger partial charge in [-0.25, -0.2) is 19.8 Å². The van der Waals surface area contributed by atoms with Crippen LogP contribution in [0.1, 0.15) is 49.4 Å². The predicted molar refractivity (Wildman–Crippen MR) is 124 cm³/mol. The number of alkyl halides is 3. The highest BCUT2D eigenvalue weighted by atomic mass is 35.5. The molecule has 2 aromatic rings. The Balaban J connectivity index is 2.05. The number of amides is 1. The number of hydrogen-bond donors (Lipinski definition) is 1. The maximum Gasteiger partial charge on any atom is 0.451 e. The predicted octanol–water partition coefficient (Wildman–Crippen LogP) is 4.33. The summed E-state index contributed by atoms with van der Waals surface area (Å²) in [7, 11) is 1.18. The van der Waals surface area contributed by atoms with Crippen LogP contribution >= 0.6 is 11.6 Å². The molecule has 35 heavy (non-hydrogen) atoms. The molecule has 0 bridgehead atoms. The third kappa shape index (κ3) is 5.90. The molecule has 0 saturated heterocycles. The Labute approximate surface area is 205 Å². The number of carbonyl (C=O) groups is 2. The number of nitrogens with one attached hydrogen (secondary N) is 1. The van der Waals surface area contributed by atoms with Crippen molar-refractivity contribution in [1.82, 2.24) is 15.3 Å². The van der Waals surface area contributed by atoms with Crippen molar-refractivity contribution in [3.63, 3.8) is 0 Å². The first-order chi connectivity index (χ1) is 16.2. The lowest BCUT2D eigenvalue weighted by atomic mass is 9.86. The van der Waals surface area contributed by atoms with Crippen LogP contribution in [0.15, 0.2) is 35.6 Å². The maximum absolute atomic E-state index is 13.4. The number of halogens is 4. The van der Waals surface area contributed by atoms with Gasteiger partial charge in [-0.15, -0.1) is 0 Å². The smallest absolute Gasteiger partial charge is 0.451 e. The molecule has 0 spiro atoms. The number of esters is 1. The van der Waals surface area contributed by atoms with Gasteiger partial charge < -0.3 is 10.1 Å². The van der Waals surface area contributed by atoms with Crippen LogP contribution in [0, 0.1) is 11.3 Å². The Hall–Kier alpha value is -3.21. The van der Waals surface area contributed by atoms with Gasteiger partial charge in [-0.3, -0.25) is 4.79 Å². The van der Waals surface area contributed by atoms with Crippen LogP contribution in [0.2, 0.25) is 5.02 Å². The Bertz CT molecular complexity index is 1150. The van der Waals surface area contributed by atoms with Crippen LogP contribution < -0.4 is 10.3 Å². The molecule has 2 atom stereocenters. The minimum Gasteiger partial charge on any atom is -0.467 e. The molecule has 2 heterocycles. The summed E-state index contributed by atoms with van der Waals surface area (Å²) in [5.41, 5.74) is 0.336. The van der Waals surface area contributed by atoms with Gasteiger partial charge in [-0.05, 0) is 23.1 Å². The van der Waals surface area contributed by atoms with Gasteiger partial charge in [0.15, 0.2) is 5.82 Å². The van der Waals surface area contributed by atoms with Gasteiger partial charge in [-0.1, -0.05) is 51.4 Å². The molecule has 3 rings (SSSR count). The molecule has 0 aliphatic carbocycles. The number of ether oxygens (including phenoxy) is 1. The van der Waals surface area contributed by atoms with Crippen LogP contribution in [0.3, 0.4) is 0 Å². The first kappa shape index (κ1) is 26.4. The highest BCUT2D eigenvalue weighted by Crippen LogP contribution is 2.32. The number of anilines is 1. The number of methoxy groups -OCH3 is 1. The SMILES string of the molecule is COC(=O)[C@@H](NC(=O)c1cnc(C(F)(F)F)nc1N1C[C@@H](C)C(c2ccc(Cl)cc2)=N1)C(C)(C)C. The zero-order valence-electron chi connectivity index (χ0n) is 19.8. The van der Waals surface area contributed by atoms with E-state index in [4.69, 9.17) is 16.3 Å². The van der Waals surface area contributed by atoms with Crippen LogP contribution in [0.25, 0.3) is 0 Å². The third-order valence-electron chi connectivity index (χ3n) is 5.37. The topological polar surface area (TPSA) is 96.8 Å². The molecule has 12 heteroatoms. The van der Waals surface area contributed by atoms with Crippen molar-refractivity contribution in [1.29, 1.82) is 0 Å². The number of hydrazone groups is 1. The van der Waals surface area contributed by atoms with E-state index in [1.54, 1.807) is 45.0 Å². The average Bonchev–Trinajstić information content (AvgIpc) is 3.17. The number of hydrogen-bond acceptors (Lipinski definition) is 7. The van der Waals surface area contributed by atoms with Crippen molar-refractivity contribution in [3.8, 4) is 0 Å². The lowest BCUT2D eigenvalue weighted by Gasteiger charge is -2.29. The van der Waals surface area contributed by atoms with Gasteiger partial charge in [0.2, 0.25) is 5.82 Å². The van der Waals surface area contributed by atoms with Gasteiger partial charge >= 0.3 is 12.1 Å². The molecule has 0 fully saturated rings. The molecule has 1 amide bonds. The first-order valence-corrected chi connectivity index (χ1v) is 11.0. The molecule has 1 aliphatic heterocycles. The summed E-state index contributed by atoms with van der Waals surface area (Å²) in [5.74, 6) is -3.45. The summed E-state index contributed by atoms with van der Waals surface area (Å²) in [5, 5.41) is 8.77. The van der Waals surface area contributed by atoms with Crippen LogP contribution in [0.5, 0.6) is 0 Å². The van der Waals surface area contributed by atoms with E-state index in [1.807, 2.05) is 6.92 Å². The van der Waals surface area contributed by atoms with Crippen molar-refractivity contribution in [2.24, 2.45) is 16.4 Å². The van der Waals surface area contributed by atoms with E-state index < -0.39 is 35.3 Å². The van der Waals surface area contributed by atoms with Gasteiger partial charge in [0.05, 0.1) is 19.4 Å². The van der Waals surface area contributed by atoms with Crippen molar-refractivity contribution in [2.75, 3.05) is 18.7 Å². The Morgan fingerprint density at radius 3 is 2.37 bits per heavy atom. The maximum atomic E-state index is 13.4. The highest BCUT2D eigenvalue weighted by molar-refractivity contribution is 6.30. The van der Waals surface area contributed by atoms with E-state index in [0.717, 1.165) is 11.8 Å². The minimum absolute atomic E-state index is 0.173. The molecule has 1 aliphatic rings. The molecule has 1 N–H and O–H groups in total. The Kier molecular flexibility index (Phi) is 7.39. The summed E-state index contributed by atoms with van der Waals surface area (Å²) in [6.07, 6.45) is -4.05. The molecule has 1 aromatic carbocycles. The number of rotatable bonds is 5. The zero-order chi connectivity index (χ0) is 26.1. The normalized spacial score (nSPS) is 17.1. The third-order valence-corrected chi connectivity index (χ3v) is 5.62. The number of carbonyl (C=O) groups excluding carboxylic acids is 2. The number of nitrogens with zero attached hydrogens (tertiary/aromatic N) is 4. The molecule has 0 radical (unpaired) electrons. The Morgan fingerprint density at radius 2 is 1.83 bits per heavy atom. The first-order valence-electron chi connectivity index (χ1n) is 10.7. The van der Waals surface area contributed by atoms with E-state index in [1.165, 1.54) is 12.1 Å². The fourth-order valence-electron chi connectivity index (χ4n) is 3.53. The summed E-state index contributed by atoms with van der Waals surface area (Å²) >= 11 is 5.95. The van der Waals surface area contributed by atoms with Crippen molar-refractivity contribution in [3.05, 3.63) is 52.4 Å². The summed E-state index contributed by atoms with van der Waals surface area (Å²) in [6, 6.07) is 5.79. The second-order valence-electron chi connectivity index (χ2n) is 9.20. The Morgan fingerprint density at radius 1 is 1.20 bits per heavy atom. The number of aromatic nitrogens is 2. The van der Waals surface area contributed by atoms with Crippen molar-refractivity contribution in [2.45, 2.75) is 39.9 Å². The number of benzene rings is 1. The van der Waals surface area contributed by atoms with Gasteiger partial charge in [-0.2, -0.15) is 18.3 Å². The second kappa shape index (κ2) is 9.80. The lowest BCUT2D eigenvalue weighted by Crippen LogP contribution is -2.50. The van der Waals surface area contributed by atoms with Crippen LogP contribution in [0.4, 0.5) is 19.0 Å². The van der Waals surface area contributed by atoms with E-state index in [9.17, 15) is 22.8 Å². The average molecular weight is 512 g/mol. The summed E-state index contributed by atoms with van der Waals surface area (Å²) in [6.45, 7) is 7.16. The van der Waals surface area contributed by atoms with Crippen molar-refractivity contribution >= 4 is 35.0 Å². The largest absolute Gasteiger partial charge is 0.467 e. The fraction of sp³-hybridized carbons (Fsp3) is 0.435. The van der Waals surface area contributed by atoms with Gasteiger partial charge in [0.25, 0.3) is 5.91 Å². The quantitative estimate of drug-likeness (QED) is 0.600. The second-order valence-corrected chi connectivity index (χ2v) is 9.64. The molecular formula is C23H25ClF3N5O3. The molecule has 0 unspecified atom stereocenters. The lowest BCUT2D eigenvalue weighted by molar-refractivity contribution is -0.146. The van der Waals surface area contributed by atoms with Crippen LogP contribution in [-0.2, 0) is 15.7 Å². The van der Waals surface area contributed by atoms with E-state index in [-0.39, 0.29) is 23.8 Å². The highest BCUT2D eigenvalue weighted by Gasteiger charge is 2.39. The fourth-order valence-corrected chi connectivity index (χ4v) is 3.66. The van der Waals surface area contributed by atoms with Crippen LogP contribution in [-0.4, -0.2) is 47.3 Å². The molecule has 0 saturated carbocycles. The van der Waals surface area contributed by atoms with Gasteiger partial charge in [0, 0.05) is 17.1 Å². The molecule has 188 valence electrons. The zero-order valence-corrected chi connectivity index (χ0v) is 20.5. The minimum atomic E-state index is -4.84. The van der Waals surface area contributed by atoms with E-state index >= 15 is 0 Å². The van der Waals surface area contributed by atoms with Crippen molar-refractivity contribution < 1.29 is 27.5 Å². The standard InChI is InChI=1S/C23H25ClF3N5O3/c1-12-11-32(31-16(12)13-6-8-14(24)9-7-13)18-15(10-28-21(30-18)23(25,26)27)19(33)29-17(20(34)35-5)22(2,3)4/h6-10,12,17H,11H2,1-5H3,(H,29,33)/t12-,17-/m1/s1. The monoisotopic (exact) mass is 511 g/mol.